The summed E-state index contributed by atoms with van der Waals surface area (Å²) in [6.07, 6.45) is 4.93. The molecule has 0 radical (unpaired) electrons. The number of nitrogens with zero attached hydrogens (tertiary/aromatic N) is 3. The molecule has 1 fully saturated rings. The number of carbonyl (C=O) groups is 1. The van der Waals surface area contributed by atoms with E-state index >= 15 is 0 Å². The number of amides is 1. The molecule has 0 atom stereocenters. The predicted molar refractivity (Wildman–Crippen MR) is 108 cm³/mol. The summed E-state index contributed by atoms with van der Waals surface area (Å²) < 4.78 is 0. The Balaban J connectivity index is 0.00000225. The number of hydrogen-bond donors (Lipinski definition) is 1. The third-order valence-corrected chi connectivity index (χ3v) is 6.08. The largest absolute Gasteiger partial charge is 0.375 e. The maximum Gasteiger partial charge on any atom is 0.264 e. The Labute approximate surface area is 163 Å². The Morgan fingerprint density at radius 1 is 1.44 bits per heavy atom. The highest BCUT2D eigenvalue weighted by atomic mass is 35.5. The number of piperidine rings is 1. The number of likely N-dealkylation sites (tertiary alicyclic amines) is 1. The molecule has 1 aliphatic heterocycles. The molecule has 25 heavy (non-hydrogen) atoms. The second-order valence-corrected chi connectivity index (χ2v) is 8.24. The number of thiazole rings is 1. The number of nitrogens with two attached hydrogens (primary N) is 1. The number of halogens is 1. The van der Waals surface area contributed by atoms with Gasteiger partial charge in [0.25, 0.3) is 5.91 Å². The van der Waals surface area contributed by atoms with Crippen LogP contribution in [0.4, 0.5) is 5.13 Å². The molecule has 1 saturated heterocycles. The van der Waals surface area contributed by atoms with Gasteiger partial charge in [-0.25, -0.2) is 4.98 Å². The zero-order chi connectivity index (χ0) is 16.9. The van der Waals surface area contributed by atoms with E-state index in [1.54, 1.807) is 11.3 Å². The number of rotatable bonds is 6. The molecule has 5 nitrogen and oxygen atoms in total. The summed E-state index contributed by atoms with van der Waals surface area (Å²) in [5.41, 5.74) is 5.70. The molecule has 3 heterocycles. The fourth-order valence-electron chi connectivity index (χ4n) is 3.24. The lowest BCUT2D eigenvalue weighted by molar-refractivity contribution is 0.0571. The first-order valence-corrected chi connectivity index (χ1v) is 10.1. The van der Waals surface area contributed by atoms with Gasteiger partial charge >= 0.3 is 0 Å². The normalized spacial score (nSPS) is 15.7. The van der Waals surface area contributed by atoms with Crippen LogP contribution in [-0.4, -0.2) is 46.4 Å². The third kappa shape index (κ3) is 5.17. The van der Waals surface area contributed by atoms with Crippen molar-refractivity contribution >= 4 is 46.1 Å². The molecule has 1 amide bonds. The minimum Gasteiger partial charge on any atom is -0.375 e. The standard InChI is InChI=1S/C17H24N4OS2.ClH/c1-2-7-21(16(22)15-4-3-10-23-15)13-5-8-20(9-6-13)12-14-11-19-17(18)24-14;/h3-4,10-11,13H,2,5-9,12H2,1H3,(H2,18,19);1H. The first-order valence-electron chi connectivity index (χ1n) is 8.44. The molecule has 2 aromatic heterocycles. The number of aromatic nitrogens is 1. The van der Waals surface area contributed by atoms with E-state index in [2.05, 4.69) is 21.7 Å². The summed E-state index contributed by atoms with van der Waals surface area (Å²) in [4.78, 5) is 23.5. The second kappa shape index (κ2) is 9.52. The van der Waals surface area contributed by atoms with E-state index in [-0.39, 0.29) is 18.3 Å². The van der Waals surface area contributed by atoms with Crippen molar-refractivity contribution in [1.29, 1.82) is 0 Å². The van der Waals surface area contributed by atoms with E-state index in [1.807, 2.05) is 23.7 Å². The summed E-state index contributed by atoms with van der Waals surface area (Å²) in [6.45, 7) is 5.92. The lowest BCUT2D eigenvalue weighted by Gasteiger charge is -2.38. The smallest absolute Gasteiger partial charge is 0.264 e. The van der Waals surface area contributed by atoms with Crippen LogP contribution in [0.5, 0.6) is 0 Å². The first kappa shape index (κ1) is 20.2. The minimum absolute atomic E-state index is 0. The third-order valence-electron chi connectivity index (χ3n) is 4.41. The Morgan fingerprint density at radius 3 is 2.76 bits per heavy atom. The highest BCUT2D eigenvalue weighted by Crippen LogP contribution is 2.24. The average Bonchev–Trinajstić information content (AvgIpc) is 3.25. The molecule has 2 aromatic rings. The van der Waals surface area contributed by atoms with Crippen molar-refractivity contribution in [2.75, 3.05) is 25.4 Å². The molecule has 0 aromatic carbocycles. The van der Waals surface area contributed by atoms with Gasteiger partial charge < -0.3 is 10.6 Å². The van der Waals surface area contributed by atoms with Crippen molar-refractivity contribution in [2.24, 2.45) is 0 Å². The number of carbonyl (C=O) groups excluding carboxylic acids is 1. The van der Waals surface area contributed by atoms with Crippen LogP contribution in [0.3, 0.4) is 0 Å². The summed E-state index contributed by atoms with van der Waals surface area (Å²) in [5.74, 6) is 0.195. The zero-order valence-electron chi connectivity index (χ0n) is 14.4. The van der Waals surface area contributed by atoms with Crippen LogP contribution in [0.15, 0.2) is 23.7 Å². The van der Waals surface area contributed by atoms with Crippen molar-refractivity contribution in [3.8, 4) is 0 Å². The molecule has 0 aliphatic carbocycles. The fourth-order valence-corrected chi connectivity index (χ4v) is 4.64. The van der Waals surface area contributed by atoms with E-state index in [1.165, 1.54) is 16.2 Å². The molecule has 1 aliphatic rings. The SMILES string of the molecule is CCCN(C(=O)c1cccs1)C1CCN(Cc2cnc(N)s2)CC1.Cl. The van der Waals surface area contributed by atoms with Crippen molar-refractivity contribution in [2.45, 2.75) is 38.8 Å². The molecule has 0 bridgehead atoms. The quantitative estimate of drug-likeness (QED) is 0.802. The van der Waals surface area contributed by atoms with Gasteiger partial charge in [-0.15, -0.1) is 35.1 Å². The second-order valence-electron chi connectivity index (χ2n) is 6.15. The summed E-state index contributed by atoms with van der Waals surface area (Å²) >= 11 is 3.10. The predicted octanol–water partition coefficient (Wildman–Crippen LogP) is 3.73. The van der Waals surface area contributed by atoms with Crippen LogP contribution < -0.4 is 5.73 Å². The molecule has 3 rings (SSSR count). The van der Waals surface area contributed by atoms with Crippen LogP contribution in [0, 0.1) is 0 Å². The summed E-state index contributed by atoms with van der Waals surface area (Å²) in [7, 11) is 0. The fraction of sp³-hybridized carbons (Fsp3) is 0.529. The lowest BCUT2D eigenvalue weighted by Crippen LogP contribution is -2.47. The van der Waals surface area contributed by atoms with Crippen molar-refractivity contribution in [3.63, 3.8) is 0 Å². The van der Waals surface area contributed by atoms with Crippen LogP contribution in [0.25, 0.3) is 0 Å². The number of thiophene rings is 1. The maximum absolute atomic E-state index is 12.8. The molecule has 8 heteroatoms. The number of anilines is 1. The van der Waals surface area contributed by atoms with E-state index in [9.17, 15) is 4.79 Å². The molecular formula is C17H25ClN4OS2. The molecule has 0 spiro atoms. The Bertz CT molecular complexity index is 653. The number of nitrogen functional groups attached to an aromatic ring is 1. The summed E-state index contributed by atoms with van der Waals surface area (Å²) in [6, 6.07) is 4.23. The van der Waals surface area contributed by atoms with Gasteiger partial charge in [0, 0.05) is 43.3 Å². The Kier molecular flexibility index (Phi) is 7.68. The van der Waals surface area contributed by atoms with Crippen LogP contribution in [0.2, 0.25) is 0 Å². The van der Waals surface area contributed by atoms with Crippen molar-refractivity contribution in [1.82, 2.24) is 14.8 Å². The molecule has 2 N–H and O–H groups in total. The van der Waals surface area contributed by atoms with Gasteiger partial charge in [0.1, 0.15) is 0 Å². The molecule has 0 saturated carbocycles. The lowest BCUT2D eigenvalue weighted by atomic mass is 10.0. The maximum atomic E-state index is 12.8. The molecule has 138 valence electrons. The van der Waals surface area contributed by atoms with Crippen LogP contribution >= 0.6 is 35.1 Å². The molecule has 0 unspecified atom stereocenters. The van der Waals surface area contributed by atoms with E-state index in [0.29, 0.717) is 11.2 Å². The topological polar surface area (TPSA) is 62.5 Å². The van der Waals surface area contributed by atoms with Gasteiger partial charge in [-0.05, 0) is 30.7 Å². The number of hydrogen-bond acceptors (Lipinski definition) is 6. The zero-order valence-corrected chi connectivity index (χ0v) is 16.8. The Morgan fingerprint density at radius 2 is 2.20 bits per heavy atom. The van der Waals surface area contributed by atoms with Crippen LogP contribution in [0.1, 0.15) is 40.7 Å². The van der Waals surface area contributed by atoms with E-state index in [4.69, 9.17) is 5.73 Å². The van der Waals surface area contributed by atoms with Crippen LogP contribution in [-0.2, 0) is 6.54 Å². The highest BCUT2D eigenvalue weighted by Gasteiger charge is 2.28. The molecular weight excluding hydrogens is 376 g/mol. The average molecular weight is 401 g/mol. The van der Waals surface area contributed by atoms with Gasteiger partial charge in [0.15, 0.2) is 5.13 Å². The van der Waals surface area contributed by atoms with Crippen molar-refractivity contribution < 1.29 is 4.79 Å². The van der Waals surface area contributed by atoms with Gasteiger partial charge in [-0.2, -0.15) is 0 Å². The van der Waals surface area contributed by atoms with Gasteiger partial charge in [-0.1, -0.05) is 13.0 Å². The Hall–Kier alpha value is -1.15. The summed E-state index contributed by atoms with van der Waals surface area (Å²) in [5, 5.41) is 2.61. The highest BCUT2D eigenvalue weighted by molar-refractivity contribution is 7.15. The van der Waals surface area contributed by atoms with Gasteiger partial charge in [0.2, 0.25) is 0 Å². The van der Waals surface area contributed by atoms with Crippen molar-refractivity contribution in [3.05, 3.63) is 33.5 Å². The van der Waals surface area contributed by atoms with E-state index in [0.717, 1.165) is 50.3 Å². The van der Waals surface area contributed by atoms with Gasteiger partial charge in [0.05, 0.1) is 4.88 Å². The monoisotopic (exact) mass is 400 g/mol. The minimum atomic E-state index is 0. The van der Waals surface area contributed by atoms with Gasteiger partial charge in [-0.3, -0.25) is 9.69 Å². The van der Waals surface area contributed by atoms with E-state index < -0.39 is 0 Å². The first-order chi connectivity index (χ1) is 11.7.